The fourth-order valence-corrected chi connectivity index (χ4v) is 4.33. The topological polar surface area (TPSA) is 76.7 Å². The summed E-state index contributed by atoms with van der Waals surface area (Å²) in [5.74, 6) is 0.0178. The Labute approximate surface area is 171 Å². The molecule has 1 aromatic rings. The lowest BCUT2D eigenvalue weighted by Crippen LogP contribution is -2.51. The number of carbonyl (C=O) groups excluding carboxylic acids is 2. The highest BCUT2D eigenvalue weighted by atomic mass is 79.9. The van der Waals surface area contributed by atoms with Gasteiger partial charge in [0.05, 0.1) is 11.7 Å². The number of amides is 2. The van der Waals surface area contributed by atoms with E-state index in [1.165, 1.54) is 0 Å². The molecule has 1 fully saturated rings. The van der Waals surface area contributed by atoms with Gasteiger partial charge >= 0.3 is 6.09 Å². The molecule has 6 nitrogen and oxygen atoms in total. The van der Waals surface area contributed by atoms with Crippen molar-refractivity contribution in [1.29, 1.82) is 0 Å². The van der Waals surface area contributed by atoms with Gasteiger partial charge in [0.1, 0.15) is 11.3 Å². The molecule has 2 heterocycles. The van der Waals surface area contributed by atoms with E-state index < -0.39 is 11.6 Å². The second-order valence-electron chi connectivity index (χ2n) is 6.88. The molecule has 0 radical (unpaired) electrons. The largest absolute Gasteiger partial charge is 0.412 e. The van der Waals surface area contributed by atoms with Gasteiger partial charge in [0.15, 0.2) is 0 Å². The van der Waals surface area contributed by atoms with Crippen molar-refractivity contribution in [2.45, 2.75) is 45.3 Å². The van der Waals surface area contributed by atoms with Crippen LogP contribution in [0.2, 0.25) is 5.02 Å². The zero-order valence-electron chi connectivity index (χ0n) is 15.4. The molecule has 3 rings (SSSR count). The molecule has 0 saturated carbocycles. The fourth-order valence-electron chi connectivity index (χ4n) is 3.60. The summed E-state index contributed by atoms with van der Waals surface area (Å²) in [5, 5.41) is 6.07. The van der Waals surface area contributed by atoms with Crippen LogP contribution in [0.15, 0.2) is 22.4 Å². The summed E-state index contributed by atoms with van der Waals surface area (Å²) in [6.45, 7) is 6.53. The lowest BCUT2D eigenvalue weighted by molar-refractivity contribution is -0.117. The van der Waals surface area contributed by atoms with Crippen LogP contribution in [0.3, 0.4) is 0 Å². The van der Waals surface area contributed by atoms with Crippen molar-refractivity contribution in [3.05, 3.63) is 38.5 Å². The molecule has 0 aliphatic carbocycles. The predicted molar refractivity (Wildman–Crippen MR) is 106 cm³/mol. The summed E-state index contributed by atoms with van der Waals surface area (Å²) in [6.07, 6.45) is 0.372. The molecule has 2 unspecified atom stereocenters. The highest BCUT2D eigenvalue weighted by Gasteiger charge is 2.50. The van der Waals surface area contributed by atoms with Gasteiger partial charge in [-0.15, -0.1) is 0 Å². The van der Waals surface area contributed by atoms with Crippen molar-refractivity contribution in [2.75, 3.05) is 13.2 Å². The first-order chi connectivity index (χ1) is 12.8. The van der Waals surface area contributed by atoms with E-state index in [4.69, 9.17) is 21.1 Å². The molecule has 2 atom stereocenters. The maximum Gasteiger partial charge on any atom is 0.412 e. The van der Waals surface area contributed by atoms with Crippen LogP contribution in [-0.4, -0.2) is 36.8 Å². The second kappa shape index (κ2) is 7.81. The Balaban J connectivity index is 2.16. The molecule has 1 saturated heterocycles. The zero-order valence-corrected chi connectivity index (χ0v) is 17.8. The van der Waals surface area contributed by atoms with Crippen LogP contribution in [-0.2, 0) is 14.3 Å². The molecule has 1 spiro atoms. The first kappa shape index (κ1) is 20.2. The summed E-state index contributed by atoms with van der Waals surface area (Å²) in [5.41, 5.74) is 0.994. The van der Waals surface area contributed by atoms with E-state index in [0.29, 0.717) is 47.9 Å². The summed E-state index contributed by atoms with van der Waals surface area (Å²) in [7, 11) is 0. The minimum absolute atomic E-state index is 0.0756. The van der Waals surface area contributed by atoms with Gasteiger partial charge < -0.3 is 20.1 Å². The SMILES string of the molecule is CCNC(=O)OC1=C(c2cc(C)c(Br)cc2Cl)C(=O)NC12CCOC(C)C2. The molecule has 0 aromatic heterocycles. The third kappa shape index (κ3) is 3.86. The van der Waals surface area contributed by atoms with E-state index in [2.05, 4.69) is 26.6 Å². The van der Waals surface area contributed by atoms with Crippen molar-refractivity contribution < 1.29 is 19.1 Å². The van der Waals surface area contributed by atoms with Crippen LogP contribution in [0, 0.1) is 6.92 Å². The molecular formula is C19H22BrClN2O4. The van der Waals surface area contributed by atoms with Gasteiger partial charge in [0, 0.05) is 41.1 Å². The molecule has 2 N–H and O–H groups in total. The predicted octanol–water partition coefficient (Wildman–Crippen LogP) is 3.94. The average Bonchev–Trinajstić information content (AvgIpc) is 2.82. The number of alkyl carbamates (subject to hydrolysis) is 1. The number of ether oxygens (including phenoxy) is 2. The van der Waals surface area contributed by atoms with Gasteiger partial charge in [0.2, 0.25) is 0 Å². The smallest absolute Gasteiger partial charge is 0.411 e. The van der Waals surface area contributed by atoms with Crippen molar-refractivity contribution in [1.82, 2.24) is 10.6 Å². The van der Waals surface area contributed by atoms with Crippen LogP contribution < -0.4 is 10.6 Å². The minimum Gasteiger partial charge on any atom is -0.411 e. The third-order valence-electron chi connectivity index (χ3n) is 4.84. The molecule has 146 valence electrons. The number of hydrogen-bond acceptors (Lipinski definition) is 4. The van der Waals surface area contributed by atoms with Crippen LogP contribution in [0.4, 0.5) is 4.79 Å². The van der Waals surface area contributed by atoms with Crippen molar-refractivity contribution in [3.63, 3.8) is 0 Å². The summed E-state index contributed by atoms with van der Waals surface area (Å²) in [6, 6.07) is 3.57. The minimum atomic E-state index is -0.778. The molecule has 8 heteroatoms. The fraction of sp³-hybridized carbons (Fsp3) is 0.474. The van der Waals surface area contributed by atoms with Gasteiger partial charge in [-0.05, 0) is 38.5 Å². The van der Waals surface area contributed by atoms with Crippen molar-refractivity contribution in [2.24, 2.45) is 0 Å². The number of carbonyl (C=O) groups is 2. The Hall–Kier alpha value is -1.57. The van der Waals surface area contributed by atoms with Crippen LogP contribution in [0.5, 0.6) is 0 Å². The quantitative estimate of drug-likeness (QED) is 0.721. The Morgan fingerprint density at radius 3 is 2.93 bits per heavy atom. The Morgan fingerprint density at radius 1 is 1.52 bits per heavy atom. The molecule has 1 aromatic carbocycles. The highest BCUT2D eigenvalue weighted by Crippen LogP contribution is 2.43. The summed E-state index contributed by atoms with van der Waals surface area (Å²) >= 11 is 9.89. The number of nitrogens with one attached hydrogen (secondary N) is 2. The van der Waals surface area contributed by atoms with Crippen LogP contribution in [0.25, 0.3) is 5.57 Å². The Kier molecular flexibility index (Phi) is 5.84. The van der Waals surface area contributed by atoms with E-state index in [1.807, 2.05) is 19.9 Å². The van der Waals surface area contributed by atoms with Gasteiger partial charge in [-0.2, -0.15) is 0 Å². The maximum absolute atomic E-state index is 13.0. The molecule has 2 aliphatic rings. The van der Waals surface area contributed by atoms with Gasteiger partial charge in [-0.25, -0.2) is 4.79 Å². The van der Waals surface area contributed by atoms with Crippen molar-refractivity contribution >= 4 is 45.1 Å². The second-order valence-corrected chi connectivity index (χ2v) is 8.14. The first-order valence-corrected chi connectivity index (χ1v) is 10.0. The Morgan fingerprint density at radius 2 is 2.26 bits per heavy atom. The van der Waals surface area contributed by atoms with Gasteiger partial charge in [-0.1, -0.05) is 27.5 Å². The molecule has 27 heavy (non-hydrogen) atoms. The molecule has 2 aliphatic heterocycles. The number of rotatable bonds is 3. The van der Waals surface area contributed by atoms with Gasteiger partial charge in [-0.3, -0.25) is 4.79 Å². The number of benzene rings is 1. The highest BCUT2D eigenvalue weighted by molar-refractivity contribution is 9.10. The summed E-state index contributed by atoms with van der Waals surface area (Å²) < 4.78 is 12.2. The van der Waals surface area contributed by atoms with Crippen molar-refractivity contribution in [3.8, 4) is 0 Å². The maximum atomic E-state index is 13.0. The third-order valence-corrected chi connectivity index (χ3v) is 6.01. The van der Waals surface area contributed by atoms with E-state index >= 15 is 0 Å². The normalized spacial score (nSPS) is 24.9. The zero-order chi connectivity index (χ0) is 19.8. The molecule has 0 bridgehead atoms. The molecule has 2 amide bonds. The Bertz CT molecular complexity index is 826. The lowest BCUT2D eigenvalue weighted by Gasteiger charge is -2.37. The van der Waals surface area contributed by atoms with E-state index in [9.17, 15) is 9.59 Å². The monoisotopic (exact) mass is 456 g/mol. The van der Waals surface area contributed by atoms with E-state index in [-0.39, 0.29) is 12.0 Å². The van der Waals surface area contributed by atoms with Crippen LogP contribution in [0.1, 0.15) is 37.8 Å². The van der Waals surface area contributed by atoms with Crippen LogP contribution >= 0.6 is 27.5 Å². The summed E-state index contributed by atoms with van der Waals surface area (Å²) in [4.78, 5) is 25.2. The average molecular weight is 458 g/mol. The van der Waals surface area contributed by atoms with E-state index in [1.54, 1.807) is 13.0 Å². The number of halogens is 2. The lowest BCUT2D eigenvalue weighted by atomic mass is 9.85. The number of aryl methyl sites for hydroxylation is 1. The van der Waals surface area contributed by atoms with E-state index in [0.717, 1.165) is 10.0 Å². The standard InChI is InChI=1S/C19H22BrClN2O4/c1-4-22-18(25)27-16-15(12-7-10(2)13(20)8-14(12)21)17(24)23-19(16)5-6-26-11(3)9-19/h7-8,11H,4-6,9H2,1-3H3,(H,22,25)(H,23,24). The molecular weight excluding hydrogens is 436 g/mol. The first-order valence-electron chi connectivity index (χ1n) is 8.88. The number of hydrogen-bond donors (Lipinski definition) is 2. The van der Waals surface area contributed by atoms with Gasteiger partial charge in [0.25, 0.3) is 5.91 Å².